The van der Waals surface area contributed by atoms with Crippen LogP contribution in [0.15, 0.2) is 24.3 Å². The number of nitrogens with one attached hydrogen (secondary N) is 1. The fourth-order valence-corrected chi connectivity index (χ4v) is 1.70. The molecule has 0 saturated carbocycles. The second-order valence-corrected chi connectivity index (χ2v) is 4.07. The first-order valence-corrected chi connectivity index (χ1v) is 6.17. The minimum Gasteiger partial charge on any atom is -0.454 e. The Kier molecular flexibility index (Phi) is 4.45. The van der Waals surface area contributed by atoms with Crippen molar-refractivity contribution in [2.45, 2.75) is 19.8 Å². The van der Waals surface area contributed by atoms with Gasteiger partial charge in [-0.25, -0.2) is 0 Å². The Morgan fingerprint density at radius 1 is 1.29 bits per heavy atom. The van der Waals surface area contributed by atoms with Crippen LogP contribution in [0, 0.1) is 0 Å². The zero-order valence-electron chi connectivity index (χ0n) is 10.2. The van der Waals surface area contributed by atoms with E-state index in [1.54, 1.807) is 0 Å². The number of rotatable bonds is 6. The first-order valence-electron chi connectivity index (χ1n) is 6.17. The van der Waals surface area contributed by atoms with E-state index in [9.17, 15) is 0 Å². The highest BCUT2D eigenvalue weighted by molar-refractivity contribution is 5.56. The minimum absolute atomic E-state index is 0.334. The van der Waals surface area contributed by atoms with Gasteiger partial charge in [-0.1, -0.05) is 31.6 Å². The summed E-state index contributed by atoms with van der Waals surface area (Å²) in [5.41, 5.74) is 1.14. The zero-order valence-corrected chi connectivity index (χ0v) is 10.2. The molecule has 0 spiro atoms. The molecule has 92 valence electrons. The summed E-state index contributed by atoms with van der Waals surface area (Å²) in [5.74, 6) is 1.68. The third-order valence-corrected chi connectivity index (χ3v) is 2.68. The highest BCUT2D eigenvalue weighted by atomic mass is 16.7. The van der Waals surface area contributed by atoms with Crippen LogP contribution in [-0.2, 0) is 0 Å². The lowest BCUT2D eigenvalue weighted by Gasteiger charge is -1.99. The average Bonchev–Trinajstić information content (AvgIpc) is 2.81. The minimum atomic E-state index is 0.334. The fourth-order valence-electron chi connectivity index (χ4n) is 1.70. The number of ether oxygens (including phenoxy) is 2. The molecule has 17 heavy (non-hydrogen) atoms. The van der Waals surface area contributed by atoms with Crippen LogP contribution >= 0.6 is 0 Å². The van der Waals surface area contributed by atoms with E-state index in [2.05, 4.69) is 24.4 Å². The predicted octanol–water partition coefficient (Wildman–Crippen LogP) is 2.82. The summed E-state index contributed by atoms with van der Waals surface area (Å²) in [6.07, 6.45) is 6.70. The Balaban J connectivity index is 1.80. The maximum absolute atomic E-state index is 5.33. The molecule has 3 heteroatoms. The first-order chi connectivity index (χ1) is 8.40. The lowest BCUT2D eigenvalue weighted by molar-refractivity contribution is 0.174. The lowest BCUT2D eigenvalue weighted by atomic mass is 10.2. The summed E-state index contributed by atoms with van der Waals surface area (Å²) in [6.45, 7) is 4.53. The van der Waals surface area contributed by atoms with Gasteiger partial charge >= 0.3 is 0 Å². The lowest BCUT2D eigenvalue weighted by Crippen LogP contribution is -2.14. The molecule has 0 amide bonds. The van der Waals surface area contributed by atoms with Crippen LogP contribution in [0.25, 0.3) is 6.08 Å². The van der Waals surface area contributed by atoms with Gasteiger partial charge in [0.15, 0.2) is 11.5 Å². The molecule has 1 N–H and O–H groups in total. The Morgan fingerprint density at radius 3 is 3.06 bits per heavy atom. The summed E-state index contributed by atoms with van der Waals surface area (Å²) in [7, 11) is 0. The molecule has 3 nitrogen and oxygen atoms in total. The summed E-state index contributed by atoms with van der Waals surface area (Å²) in [6, 6.07) is 5.99. The summed E-state index contributed by atoms with van der Waals surface area (Å²) in [4.78, 5) is 0. The van der Waals surface area contributed by atoms with Crippen molar-refractivity contribution < 1.29 is 9.47 Å². The molecule has 1 aliphatic rings. The second kappa shape index (κ2) is 6.30. The molecule has 0 bridgehead atoms. The predicted molar refractivity (Wildman–Crippen MR) is 69.4 cm³/mol. The quantitative estimate of drug-likeness (QED) is 0.766. The van der Waals surface area contributed by atoms with E-state index < -0.39 is 0 Å². The van der Waals surface area contributed by atoms with Gasteiger partial charge in [-0.3, -0.25) is 0 Å². The molecule has 0 saturated heterocycles. The topological polar surface area (TPSA) is 30.5 Å². The first kappa shape index (κ1) is 12.0. The zero-order chi connectivity index (χ0) is 11.9. The van der Waals surface area contributed by atoms with Crippen LogP contribution in [-0.4, -0.2) is 19.9 Å². The van der Waals surface area contributed by atoms with Gasteiger partial charge in [0.2, 0.25) is 6.79 Å². The van der Waals surface area contributed by atoms with Crippen LogP contribution in [0.2, 0.25) is 0 Å². The molecule has 1 aliphatic heterocycles. The van der Waals surface area contributed by atoms with Gasteiger partial charge in [-0.15, -0.1) is 0 Å². The van der Waals surface area contributed by atoms with E-state index in [-0.39, 0.29) is 0 Å². The average molecular weight is 233 g/mol. The van der Waals surface area contributed by atoms with Gasteiger partial charge in [0.1, 0.15) is 0 Å². The number of hydrogen-bond donors (Lipinski definition) is 1. The number of hydrogen-bond acceptors (Lipinski definition) is 3. The molecule has 0 atom stereocenters. The third-order valence-electron chi connectivity index (χ3n) is 2.68. The SMILES string of the molecule is CCCCNC/C=C/c1ccc2c(c1)OCO2. The van der Waals surface area contributed by atoms with E-state index >= 15 is 0 Å². The van der Waals surface area contributed by atoms with Gasteiger partial charge in [-0.05, 0) is 30.7 Å². The van der Waals surface area contributed by atoms with Gasteiger partial charge < -0.3 is 14.8 Å². The third kappa shape index (κ3) is 3.49. The molecule has 1 heterocycles. The molecule has 2 rings (SSSR count). The largest absolute Gasteiger partial charge is 0.454 e. The van der Waals surface area contributed by atoms with Crippen molar-refractivity contribution in [1.29, 1.82) is 0 Å². The van der Waals surface area contributed by atoms with Crippen molar-refractivity contribution >= 4 is 6.08 Å². The van der Waals surface area contributed by atoms with E-state index in [1.165, 1.54) is 12.8 Å². The summed E-state index contributed by atoms with van der Waals surface area (Å²) < 4.78 is 10.6. The summed E-state index contributed by atoms with van der Waals surface area (Å²) >= 11 is 0. The van der Waals surface area contributed by atoms with E-state index in [0.29, 0.717) is 6.79 Å². The van der Waals surface area contributed by atoms with Crippen LogP contribution < -0.4 is 14.8 Å². The Morgan fingerprint density at radius 2 is 2.18 bits per heavy atom. The van der Waals surface area contributed by atoms with E-state index in [0.717, 1.165) is 30.2 Å². The Labute approximate surface area is 102 Å². The maximum Gasteiger partial charge on any atom is 0.231 e. The van der Waals surface area contributed by atoms with Crippen LogP contribution in [0.1, 0.15) is 25.3 Å². The van der Waals surface area contributed by atoms with E-state index in [1.807, 2.05) is 18.2 Å². The highest BCUT2D eigenvalue weighted by Gasteiger charge is 2.11. The molecule has 0 radical (unpaired) electrons. The monoisotopic (exact) mass is 233 g/mol. The van der Waals surface area contributed by atoms with Crippen LogP contribution in [0.5, 0.6) is 11.5 Å². The standard InChI is InChI=1S/C14H19NO2/c1-2-3-8-15-9-4-5-12-6-7-13-14(10-12)17-11-16-13/h4-7,10,15H,2-3,8-9,11H2,1H3/b5-4+. The Hall–Kier alpha value is -1.48. The van der Waals surface area contributed by atoms with E-state index in [4.69, 9.17) is 9.47 Å². The van der Waals surface area contributed by atoms with Crippen molar-refractivity contribution in [1.82, 2.24) is 5.32 Å². The highest BCUT2D eigenvalue weighted by Crippen LogP contribution is 2.32. The van der Waals surface area contributed by atoms with Gasteiger partial charge in [-0.2, -0.15) is 0 Å². The molecular weight excluding hydrogens is 214 g/mol. The van der Waals surface area contributed by atoms with Gasteiger partial charge in [0.25, 0.3) is 0 Å². The molecule has 0 unspecified atom stereocenters. The van der Waals surface area contributed by atoms with Crippen molar-refractivity contribution in [3.63, 3.8) is 0 Å². The molecular formula is C14H19NO2. The molecule has 1 aromatic carbocycles. The van der Waals surface area contributed by atoms with Gasteiger partial charge in [0, 0.05) is 6.54 Å². The van der Waals surface area contributed by atoms with Crippen molar-refractivity contribution in [3.05, 3.63) is 29.8 Å². The van der Waals surface area contributed by atoms with Crippen molar-refractivity contribution in [2.24, 2.45) is 0 Å². The van der Waals surface area contributed by atoms with Crippen LogP contribution in [0.4, 0.5) is 0 Å². The molecule has 0 aliphatic carbocycles. The fraction of sp³-hybridized carbons (Fsp3) is 0.429. The maximum atomic E-state index is 5.33. The molecule has 0 fully saturated rings. The van der Waals surface area contributed by atoms with Gasteiger partial charge in [0.05, 0.1) is 0 Å². The number of benzene rings is 1. The normalized spacial score (nSPS) is 13.5. The second-order valence-electron chi connectivity index (χ2n) is 4.07. The van der Waals surface area contributed by atoms with Crippen molar-refractivity contribution in [3.8, 4) is 11.5 Å². The Bertz CT molecular complexity index is 388. The number of fused-ring (bicyclic) bond motifs is 1. The number of unbranched alkanes of at least 4 members (excludes halogenated alkanes) is 1. The smallest absolute Gasteiger partial charge is 0.231 e. The molecule has 0 aromatic heterocycles. The van der Waals surface area contributed by atoms with Crippen LogP contribution in [0.3, 0.4) is 0 Å². The van der Waals surface area contributed by atoms with Crippen molar-refractivity contribution in [2.75, 3.05) is 19.9 Å². The summed E-state index contributed by atoms with van der Waals surface area (Å²) in [5, 5.41) is 3.37. The molecule has 1 aromatic rings.